The van der Waals surface area contributed by atoms with Gasteiger partial charge in [-0.25, -0.2) is 0 Å². The van der Waals surface area contributed by atoms with Gasteiger partial charge in [-0.3, -0.25) is 14.4 Å². The van der Waals surface area contributed by atoms with Crippen LogP contribution in [0.25, 0.3) is 0 Å². The van der Waals surface area contributed by atoms with Gasteiger partial charge in [-0.15, -0.1) is 0 Å². The van der Waals surface area contributed by atoms with Crippen LogP contribution >= 0.6 is 0 Å². The summed E-state index contributed by atoms with van der Waals surface area (Å²) in [6, 6.07) is 5.13. The van der Waals surface area contributed by atoms with Crippen molar-refractivity contribution in [2.24, 2.45) is 23.7 Å². The molecule has 3 saturated heterocycles. The predicted molar refractivity (Wildman–Crippen MR) is 163 cm³/mol. The molecule has 2 bridgehead atoms. The van der Waals surface area contributed by atoms with Crippen molar-refractivity contribution in [2.75, 3.05) is 31.5 Å². The minimum atomic E-state index is -1.13. The van der Waals surface area contributed by atoms with Gasteiger partial charge in [0.25, 0.3) is 0 Å². The third-order valence-corrected chi connectivity index (χ3v) is 11.1. The Morgan fingerprint density at radius 1 is 0.976 bits per heavy atom. The van der Waals surface area contributed by atoms with Gasteiger partial charge in [0.05, 0.1) is 17.9 Å². The van der Waals surface area contributed by atoms with E-state index >= 15 is 0 Å². The number of carbonyl (C=O) groups excluding carboxylic acids is 3. The maximum atomic E-state index is 14.3. The van der Waals surface area contributed by atoms with Crippen molar-refractivity contribution in [3.05, 3.63) is 41.5 Å². The van der Waals surface area contributed by atoms with E-state index in [1.54, 1.807) is 4.90 Å². The van der Waals surface area contributed by atoms with E-state index in [4.69, 9.17) is 4.74 Å². The summed E-state index contributed by atoms with van der Waals surface area (Å²) in [5.41, 5.74) is 1.83. The number of aryl methyl sites for hydroxylation is 2. The second-order valence-corrected chi connectivity index (χ2v) is 13.7. The number of hydrogen-bond donors (Lipinski definition) is 2. The number of hydrogen-bond acceptors (Lipinski definition) is 5. The Kier molecular flexibility index (Phi) is 8.22. The lowest BCUT2D eigenvalue weighted by Crippen LogP contribution is -2.58. The fourth-order valence-electron chi connectivity index (χ4n) is 8.21. The van der Waals surface area contributed by atoms with Gasteiger partial charge in [0.2, 0.25) is 17.7 Å². The molecule has 4 fully saturated rings. The summed E-state index contributed by atoms with van der Waals surface area (Å²) < 4.78 is 6.57. The Morgan fingerprint density at radius 2 is 1.74 bits per heavy atom. The summed E-state index contributed by atoms with van der Waals surface area (Å²) in [7, 11) is 0. The van der Waals surface area contributed by atoms with Gasteiger partial charge < -0.3 is 25.2 Å². The van der Waals surface area contributed by atoms with Crippen molar-refractivity contribution in [2.45, 2.75) is 96.4 Å². The van der Waals surface area contributed by atoms with Crippen molar-refractivity contribution >= 4 is 23.4 Å². The fourth-order valence-corrected chi connectivity index (χ4v) is 8.21. The van der Waals surface area contributed by atoms with Gasteiger partial charge in [-0.1, -0.05) is 57.7 Å². The second-order valence-electron chi connectivity index (χ2n) is 13.7. The summed E-state index contributed by atoms with van der Waals surface area (Å²) in [5.74, 6) is -1.01. The van der Waals surface area contributed by atoms with Gasteiger partial charge in [-0.05, 0) is 81.3 Å². The molecule has 1 aromatic carbocycles. The van der Waals surface area contributed by atoms with Gasteiger partial charge >= 0.3 is 0 Å². The Labute approximate surface area is 250 Å². The van der Waals surface area contributed by atoms with Crippen LogP contribution in [-0.2, 0) is 19.1 Å². The lowest BCUT2D eigenvalue weighted by molar-refractivity contribution is -0.141. The average molecular weight is 577 g/mol. The van der Waals surface area contributed by atoms with Crippen LogP contribution in [0.15, 0.2) is 30.4 Å². The Morgan fingerprint density at radius 3 is 2.48 bits per heavy atom. The zero-order valence-electron chi connectivity index (χ0n) is 25.7. The highest BCUT2D eigenvalue weighted by Gasteiger charge is 2.72. The molecule has 6 rings (SSSR count). The highest BCUT2D eigenvalue weighted by molar-refractivity contribution is 6.02. The maximum Gasteiger partial charge on any atom is 0.246 e. The first-order chi connectivity index (χ1) is 20.2. The maximum absolute atomic E-state index is 14.3. The molecule has 4 heterocycles. The topological polar surface area (TPSA) is 91.0 Å². The molecule has 3 amide bonds. The van der Waals surface area contributed by atoms with Gasteiger partial charge in [0.15, 0.2) is 0 Å². The fraction of sp³-hybridized carbons (Fsp3) is 0.676. The molecular weight excluding hydrogens is 528 g/mol. The van der Waals surface area contributed by atoms with Crippen LogP contribution in [0.5, 0.6) is 0 Å². The number of anilines is 1. The standard InChI is InChI=1S/C34H48N4O4/c1-21-12-13-25(20-23(21)3)35-31(39)28-27-14-15-34(42-27)29(28)33(41)38(19-18-37-16-7-5-6-8-17-37)30(34)32(40)36-26-11-9-10-22(2)24(26)4/h12-15,20,22,24,26-30H,5-11,16-19H2,1-4H3,(H,35,39)(H,36,40)/t22-,24-,26+,27-,28+,29-,30-,34-/m0/s1. The molecule has 228 valence electrons. The minimum Gasteiger partial charge on any atom is -0.359 e. The summed E-state index contributed by atoms with van der Waals surface area (Å²) in [6.45, 7) is 11.8. The van der Waals surface area contributed by atoms with E-state index in [-0.39, 0.29) is 23.8 Å². The zero-order chi connectivity index (χ0) is 29.6. The number of amides is 3. The molecule has 5 aliphatic rings. The third kappa shape index (κ3) is 5.19. The molecule has 1 aliphatic carbocycles. The monoisotopic (exact) mass is 576 g/mol. The summed E-state index contributed by atoms with van der Waals surface area (Å²) >= 11 is 0. The molecule has 42 heavy (non-hydrogen) atoms. The smallest absolute Gasteiger partial charge is 0.246 e. The van der Waals surface area contributed by atoms with Crippen LogP contribution in [-0.4, -0.2) is 77.5 Å². The number of nitrogens with one attached hydrogen (secondary N) is 2. The Balaban J connectivity index is 1.27. The second kappa shape index (κ2) is 11.8. The largest absolute Gasteiger partial charge is 0.359 e. The molecule has 1 saturated carbocycles. The van der Waals surface area contributed by atoms with Gasteiger partial charge in [-0.2, -0.15) is 0 Å². The van der Waals surface area contributed by atoms with Crippen molar-refractivity contribution in [3.8, 4) is 0 Å². The molecule has 8 atom stereocenters. The lowest BCUT2D eigenvalue weighted by atomic mass is 9.73. The predicted octanol–water partition coefficient (Wildman–Crippen LogP) is 4.21. The Hall–Kier alpha value is -2.71. The van der Waals surface area contributed by atoms with E-state index in [0.29, 0.717) is 24.1 Å². The van der Waals surface area contributed by atoms with Crippen LogP contribution < -0.4 is 10.6 Å². The number of fused-ring (bicyclic) bond motifs is 1. The van der Waals surface area contributed by atoms with Crippen LogP contribution in [0.1, 0.15) is 69.9 Å². The zero-order valence-corrected chi connectivity index (χ0v) is 25.7. The molecule has 0 unspecified atom stereocenters. The van der Waals surface area contributed by atoms with E-state index in [1.807, 2.05) is 44.2 Å². The number of carbonyl (C=O) groups is 3. The van der Waals surface area contributed by atoms with Crippen LogP contribution in [0, 0.1) is 37.5 Å². The molecular formula is C34H48N4O4. The molecule has 4 aliphatic heterocycles. The normalized spacial score (nSPS) is 36.1. The molecule has 8 nitrogen and oxygen atoms in total. The molecule has 1 aromatic rings. The van der Waals surface area contributed by atoms with E-state index in [2.05, 4.69) is 29.4 Å². The quantitative estimate of drug-likeness (QED) is 0.475. The first-order valence-corrected chi connectivity index (χ1v) is 16.3. The third-order valence-electron chi connectivity index (χ3n) is 11.1. The van der Waals surface area contributed by atoms with Gasteiger partial charge in [0.1, 0.15) is 11.6 Å². The van der Waals surface area contributed by atoms with E-state index in [0.717, 1.165) is 56.4 Å². The highest BCUT2D eigenvalue weighted by atomic mass is 16.5. The summed E-state index contributed by atoms with van der Waals surface area (Å²) in [6.07, 6.45) is 11.3. The van der Waals surface area contributed by atoms with Crippen molar-refractivity contribution in [1.82, 2.24) is 15.1 Å². The van der Waals surface area contributed by atoms with Crippen LogP contribution in [0.4, 0.5) is 5.69 Å². The number of rotatable bonds is 7. The number of ether oxygens (including phenoxy) is 1. The first kappa shape index (κ1) is 29.4. The summed E-state index contributed by atoms with van der Waals surface area (Å²) in [4.78, 5) is 46.6. The molecule has 0 radical (unpaired) electrons. The minimum absolute atomic E-state index is 0.0747. The molecule has 1 spiro atoms. The van der Waals surface area contributed by atoms with Crippen LogP contribution in [0.2, 0.25) is 0 Å². The van der Waals surface area contributed by atoms with Crippen molar-refractivity contribution in [3.63, 3.8) is 0 Å². The van der Waals surface area contributed by atoms with Crippen molar-refractivity contribution in [1.29, 1.82) is 0 Å². The van der Waals surface area contributed by atoms with E-state index < -0.39 is 29.6 Å². The molecule has 0 aromatic heterocycles. The van der Waals surface area contributed by atoms with Gasteiger partial charge in [0, 0.05) is 24.8 Å². The molecule has 2 N–H and O–H groups in total. The molecule has 8 heteroatoms. The van der Waals surface area contributed by atoms with E-state index in [1.165, 1.54) is 19.3 Å². The lowest BCUT2D eigenvalue weighted by Gasteiger charge is -2.38. The van der Waals surface area contributed by atoms with Crippen molar-refractivity contribution < 1.29 is 19.1 Å². The average Bonchev–Trinajstić information content (AvgIpc) is 3.51. The van der Waals surface area contributed by atoms with Crippen LogP contribution in [0.3, 0.4) is 0 Å². The summed E-state index contributed by atoms with van der Waals surface area (Å²) in [5, 5.41) is 6.42. The number of nitrogens with zero attached hydrogens (tertiary/aromatic N) is 2. The van der Waals surface area contributed by atoms with E-state index in [9.17, 15) is 14.4 Å². The first-order valence-electron chi connectivity index (χ1n) is 16.3. The number of benzene rings is 1. The highest BCUT2D eigenvalue weighted by Crippen LogP contribution is 2.55. The Bertz CT molecular complexity index is 1240. The number of likely N-dealkylation sites (tertiary alicyclic amines) is 2. The SMILES string of the molecule is Cc1ccc(NC(=O)[C@@H]2[C@@H]3C=C[C@]4(O3)[C@@H]2C(=O)N(CCN2CCCCCC2)[C@H]4C(=O)N[C@@H]2CCC[C@H](C)[C@@H]2C)cc1C.